The molecule has 1 heterocycles. The second-order valence-corrected chi connectivity index (χ2v) is 10.3. The van der Waals surface area contributed by atoms with Crippen LogP contribution in [-0.2, 0) is 6.42 Å². The predicted molar refractivity (Wildman–Crippen MR) is 166 cm³/mol. The Hall–Kier alpha value is -4.75. The van der Waals surface area contributed by atoms with Gasteiger partial charge in [0.15, 0.2) is 0 Å². The van der Waals surface area contributed by atoms with Crippen LogP contribution in [0.15, 0.2) is 128 Å². The zero-order valence-corrected chi connectivity index (χ0v) is 22.1. The monoisotopic (exact) mass is 499 g/mol. The Kier molecular flexibility index (Phi) is 5.90. The third-order valence-corrected chi connectivity index (χ3v) is 7.89. The van der Waals surface area contributed by atoms with Gasteiger partial charge in [-0.1, -0.05) is 128 Å². The molecule has 1 heteroatoms. The molecule has 1 aromatic heterocycles. The molecule has 186 valence electrons. The molecule has 0 saturated carbocycles. The summed E-state index contributed by atoms with van der Waals surface area (Å²) in [4.78, 5) is 4.69. The average molecular weight is 500 g/mol. The Labute approximate surface area is 230 Å². The summed E-state index contributed by atoms with van der Waals surface area (Å²) >= 11 is 0. The number of fused-ring (bicyclic) bond motifs is 4. The lowest BCUT2D eigenvalue weighted by molar-refractivity contribution is 1.22. The number of nitrogens with zero attached hydrogens (tertiary/aromatic N) is 1. The molecule has 0 spiro atoms. The van der Waals surface area contributed by atoms with Crippen LogP contribution in [0.25, 0.3) is 61.5 Å². The molecule has 0 bridgehead atoms. The molecule has 6 aromatic rings. The maximum Gasteiger partial charge on any atom is 0.0708 e. The van der Waals surface area contributed by atoms with E-state index >= 15 is 0 Å². The predicted octanol–water partition coefficient (Wildman–Crippen LogP) is 10.2. The van der Waals surface area contributed by atoms with Gasteiger partial charge in [0.05, 0.1) is 5.69 Å². The summed E-state index contributed by atoms with van der Waals surface area (Å²) in [5.41, 5.74) is 14.1. The first-order chi connectivity index (χ1) is 19.3. The van der Waals surface area contributed by atoms with Gasteiger partial charge in [-0.15, -0.1) is 0 Å². The summed E-state index contributed by atoms with van der Waals surface area (Å²) in [6.07, 6.45) is 8.59. The van der Waals surface area contributed by atoms with Gasteiger partial charge in [-0.2, -0.15) is 0 Å². The Morgan fingerprint density at radius 3 is 2.03 bits per heavy atom. The Bertz CT molecular complexity index is 1840. The summed E-state index contributed by atoms with van der Waals surface area (Å²) < 4.78 is 0. The third-order valence-electron chi connectivity index (χ3n) is 7.89. The van der Waals surface area contributed by atoms with Gasteiger partial charge in [0.2, 0.25) is 0 Å². The first-order valence-corrected chi connectivity index (χ1v) is 13.8. The Morgan fingerprint density at radius 2 is 1.26 bits per heavy atom. The maximum absolute atomic E-state index is 4.69. The van der Waals surface area contributed by atoms with Crippen LogP contribution in [0.1, 0.15) is 30.0 Å². The fourth-order valence-corrected chi connectivity index (χ4v) is 5.83. The molecule has 0 unspecified atom stereocenters. The van der Waals surface area contributed by atoms with Crippen molar-refractivity contribution in [2.75, 3.05) is 0 Å². The van der Waals surface area contributed by atoms with Crippen LogP contribution in [0.4, 0.5) is 0 Å². The molecular weight excluding hydrogens is 470 g/mol. The number of benzene rings is 5. The fourth-order valence-electron chi connectivity index (χ4n) is 5.83. The van der Waals surface area contributed by atoms with Crippen LogP contribution >= 0.6 is 0 Å². The summed E-state index contributed by atoms with van der Waals surface area (Å²) in [7, 11) is 0. The van der Waals surface area contributed by atoms with Crippen molar-refractivity contribution >= 4 is 16.8 Å². The van der Waals surface area contributed by atoms with E-state index in [9.17, 15) is 0 Å². The second-order valence-electron chi connectivity index (χ2n) is 10.3. The van der Waals surface area contributed by atoms with Gasteiger partial charge in [0.25, 0.3) is 0 Å². The van der Waals surface area contributed by atoms with Crippen molar-refractivity contribution in [3.8, 4) is 44.6 Å². The van der Waals surface area contributed by atoms with Gasteiger partial charge >= 0.3 is 0 Å². The third kappa shape index (κ3) is 4.27. The van der Waals surface area contributed by atoms with E-state index in [0.29, 0.717) is 0 Å². The average Bonchev–Trinajstić information content (AvgIpc) is 3.39. The standard InChI is InChI=1S/C38H29N/c1-2-3-11-35-34(21-22-36-33-12-7-6-9-31(33)23-37(35)36)28-17-13-26(14-18-28)27-15-19-29(20-16-27)38-24-30-8-4-5-10-32(30)25-39-38/h3-22,24-25H,2,23H2,1H3/b11-3-. The molecule has 7 rings (SSSR count). The zero-order valence-electron chi connectivity index (χ0n) is 22.1. The van der Waals surface area contributed by atoms with Gasteiger partial charge in [-0.3, -0.25) is 4.98 Å². The molecule has 0 radical (unpaired) electrons. The summed E-state index contributed by atoms with van der Waals surface area (Å²) in [6.45, 7) is 2.20. The minimum absolute atomic E-state index is 0.999. The van der Waals surface area contributed by atoms with E-state index in [2.05, 4.69) is 139 Å². The number of pyridine rings is 1. The first kappa shape index (κ1) is 23.4. The fraction of sp³-hybridized carbons (Fsp3) is 0.0789. The Balaban J connectivity index is 1.20. The summed E-state index contributed by atoms with van der Waals surface area (Å²) in [5, 5.41) is 2.38. The van der Waals surface area contributed by atoms with Gasteiger partial charge in [-0.05, 0) is 74.4 Å². The second kappa shape index (κ2) is 9.85. The highest BCUT2D eigenvalue weighted by Gasteiger charge is 2.22. The summed E-state index contributed by atoms with van der Waals surface area (Å²) in [5.74, 6) is 0. The van der Waals surface area contributed by atoms with E-state index < -0.39 is 0 Å². The SMILES string of the molecule is CC/C=C\c1c(-c2ccc(-c3ccc(-c4cc5ccccc5cn4)cc3)cc2)ccc2c1Cc1ccccc1-2. The number of allylic oxidation sites excluding steroid dienone is 1. The molecule has 0 atom stereocenters. The highest BCUT2D eigenvalue weighted by atomic mass is 14.7. The van der Waals surface area contributed by atoms with Crippen molar-refractivity contribution in [2.45, 2.75) is 19.8 Å². The van der Waals surface area contributed by atoms with E-state index in [4.69, 9.17) is 0 Å². The van der Waals surface area contributed by atoms with Crippen LogP contribution in [0.2, 0.25) is 0 Å². The highest BCUT2D eigenvalue weighted by molar-refractivity contribution is 5.88. The molecule has 0 amide bonds. The molecule has 0 fully saturated rings. The molecule has 1 nitrogen and oxygen atoms in total. The zero-order chi connectivity index (χ0) is 26.2. The minimum atomic E-state index is 0.999. The molecule has 0 saturated heterocycles. The van der Waals surface area contributed by atoms with Crippen LogP contribution < -0.4 is 0 Å². The van der Waals surface area contributed by atoms with Crippen molar-refractivity contribution in [3.63, 3.8) is 0 Å². The largest absolute Gasteiger partial charge is 0.256 e. The molecule has 1 aliphatic carbocycles. The van der Waals surface area contributed by atoms with E-state index in [1.807, 2.05) is 6.20 Å². The topological polar surface area (TPSA) is 12.9 Å². The summed E-state index contributed by atoms with van der Waals surface area (Å²) in [6, 6.07) is 41.7. The lowest BCUT2D eigenvalue weighted by Gasteiger charge is -2.13. The van der Waals surface area contributed by atoms with Crippen molar-refractivity contribution < 1.29 is 0 Å². The van der Waals surface area contributed by atoms with Gasteiger partial charge in [0.1, 0.15) is 0 Å². The van der Waals surface area contributed by atoms with Crippen molar-refractivity contribution in [2.24, 2.45) is 0 Å². The Morgan fingerprint density at radius 1 is 0.615 bits per heavy atom. The lowest BCUT2D eigenvalue weighted by atomic mass is 9.91. The molecule has 0 N–H and O–H groups in total. The molecular formula is C38H29N. The number of hydrogen-bond donors (Lipinski definition) is 0. The van der Waals surface area contributed by atoms with Crippen LogP contribution in [0.5, 0.6) is 0 Å². The number of aromatic nitrogens is 1. The normalized spacial score (nSPS) is 12.1. The molecule has 1 aliphatic rings. The lowest BCUT2D eigenvalue weighted by Crippen LogP contribution is -1.92. The minimum Gasteiger partial charge on any atom is -0.256 e. The van der Waals surface area contributed by atoms with Crippen LogP contribution in [0, 0.1) is 0 Å². The van der Waals surface area contributed by atoms with E-state index in [1.54, 1.807) is 0 Å². The first-order valence-electron chi connectivity index (χ1n) is 13.8. The maximum atomic E-state index is 4.69. The quantitative estimate of drug-likeness (QED) is 0.229. The van der Waals surface area contributed by atoms with E-state index in [0.717, 1.165) is 24.1 Å². The van der Waals surface area contributed by atoms with Crippen LogP contribution in [0.3, 0.4) is 0 Å². The van der Waals surface area contributed by atoms with E-state index in [1.165, 1.54) is 60.8 Å². The molecule has 5 aromatic carbocycles. The molecule has 0 aliphatic heterocycles. The number of hydrogen-bond acceptors (Lipinski definition) is 1. The molecule has 39 heavy (non-hydrogen) atoms. The van der Waals surface area contributed by atoms with Gasteiger partial charge in [-0.25, -0.2) is 0 Å². The smallest absolute Gasteiger partial charge is 0.0708 e. The van der Waals surface area contributed by atoms with Gasteiger partial charge < -0.3 is 0 Å². The van der Waals surface area contributed by atoms with Gasteiger partial charge in [0, 0.05) is 17.1 Å². The van der Waals surface area contributed by atoms with E-state index in [-0.39, 0.29) is 0 Å². The van der Waals surface area contributed by atoms with Crippen molar-refractivity contribution in [1.82, 2.24) is 4.98 Å². The van der Waals surface area contributed by atoms with Crippen molar-refractivity contribution in [3.05, 3.63) is 144 Å². The number of rotatable bonds is 5. The van der Waals surface area contributed by atoms with Crippen molar-refractivity contribution in [1.29, 1.82) is 0 Å². The highest BCUT2D eigenvalue weighted by Crippen LogP contribution is 2.42. The van der Waals surface area contributed by atoms with Crippen LogP contribution in [-0.4, -0.2) is 4.98 Å².